The van der Waals surface area contributed by atoms with Gasteiger partial charge < -0.3 is 4.90 Å². The molecule has 0 radical (unpaired) electrons. The molecule has 2 nitrogen and oxygen atoms in total. The van der Waals surface area contributed by atoms with E-state index in [1.165, 1.54) is 32.6 Å². The normalized spacial score (nSPS) is 36.0. The summed E-state index contributed by atoms with van der Waals surface area (Å²) in [5, 5.41) is 0. The van der Waals surface area contributed by atoms with Crippen LogP contribution in [0, 0.1) is 5.92 Å². The summed E-state index contributed by atoms with van der Waals surface area (Å²) in [5.74, 6) is 0.945. The summed E-state index contributed by atoms with van der Waals surface area (Å²) in [7, 11) is 2.20. The Morgan fingerprint density at radius 1 is 1.18 bits per heavy atom. The molecule has 11 heavy (non-hydrogen) atoms. The van der Waals surface area contributed by atoms with Gasteiger partial charge >= 0.3 is 0 Å². The first-order valence-electron chi connectivity index (χ1n) is 4.68. The van der Waals surface area contributed by atoms with Crippen LogP contribution in [-0.4, -0.2) is 49.1 Å². The van der Waals surface area contributed by atoms with Gasteiger partial charge in [-0.3, -0.25) is 4.90 Å². The highest BCUT2D eigenvalue weighted by Crippen LogP contribution is 2.21. The lowest BCUT2D eigenvalue weighted by Gasteiger charge is -2.42. The number of hydrogen-bond donors (Lipinski definition) is 0. The van der Waals surface area contributed by atoms with E-state index >= 15 is 0 Å². The van der Waals surface area contributed by atoms with Gasteiger partial charge in [-0.2, -0.15) is 0 Å². The number of likely N-dealkylation sites (tertiary alicyclic amines) is 2. The zero-order valence-corrected chi connectivity index (χ0v) is 7.58. The van der Waals surface area contributed by atoms with E-state index in [2.05, 4.69) is 23.8 Å². The number of nitrogens with zero attached hydrogens (tertiary/aromatic N) is 2. The van der Waals surface area contributed by atoms with Crippen molar-refractivity contribution in [2.75, 3.05) is 33.2 Å². The third-order valence-electron chi connectivity index (χ3n) is 3.02. The molecule has 2 heteroatoms. The molecular weight excluding hydrogens is 136 g/mol. The molecule has 1 atom stereocenters. The van der Waals surface area contributed by atoms with Gasteiger partial charge in [-0.15, -0.1) is 0 Å². The Balaban J connectivity index is 1.79. The first-order valence-corrected chi connectivity index (χ1v) is 4.68. The highest BCUT2D eigenvalue weighted by Gasteiger charge is 2.32. The molecule has 0 aromatic carbocycles. The fraction of sp³-hybridized carbons (Fsp3) is 1.00. The van der Waals surface area contributed by atoms with Crippen LogP contribution in [0.3, 0.4) is 0 Å². The molecule has 0 spiro atoms. The van der Waals surface area contributed by atoms with Crippen molar-refractivity contribution >= 4 is 0 Å². The predicted octanol–water partition coefficient (Wildman–Crippen LogP) is 0.642. The van der Waals surface area contributed by atoms with Crippen LogP contribution in [0.25, 0.3) is 0 Å². The molecule has 2 rings (SSSR count). The molecule has 64 valence electrons. The minimum Gasteiger partial charge on any atom is -0.303 e. The number of hydrogen-bond acceptors (Lipinski definition) is 2. The zero-order chi connectivity index (χ0) is 7.84. The van der Waals surface area contributed by atoms with Gasteiger partial charge in [-0.25, -0.2) is 0 Å². The topological polar surface area (TPSA) is 6.48 Å². The summed E-state index contributed by atoms with van der Waals surface area (Å²) < 4.78 is 0. The maximum Gasteiger partial charge on any atom is 0.0350 e. The van der Waals surface area contributed by atoms with Crippen LogP contribution >= 0.6 is 0 Å². The Labute approximate surface area is 69.2 Å². The lowest BCUT2D eigenvalue weighted by molar-refractivity contribution is 0.0672. The Kier molecular flexibility index (Phi) is 1.90. The second kappa shape index (κ2) is 2.76. The zero-order valence-electron chi connectivity index (χ0n) is 7.58. The third kappa shape index (κ3) is 1.42. The van der Waals surface area contributed by atoms with Crippen molar-refractivity contribution in [3.05, 3.63) is 0 Å². The van der Waals surface area contributed by atoms with E-state index in [4.69, 9.17) is 0 Å². The van der Waals surface area contributed by atoms with Gasteiger partial charge in [0.05, 0.1) is 0 Å². The minimum absolute atomic E-state index is 0.893. The van der Waals surface area contributed by atoms with E-state index in [1.54, 1.807) is 0 Å². The van der Waals surface area contributed by atoms with Crippen molar-refractivity contribution in [2.24, 2.45) is 5.92 Å². The van der Waals surface area contributed by atoms with E-state index in [0.717, 1.165) is 12.0 Å². The molecule has 0 aliphatic carbocycles. The van der Waals surface area contributed by atoms with E-state index < -0.39 is 0 Å². The van der Waals surface area contributed by atoms with Crippen LogP contribution in [0.15, 0.2) is 0 Å². The summed E-state index contributed by atoms with van der Waals surface area (Å²) in [6.45, 7) is 7.65. The molecule has 2 fully saturated rings. The average Bonchev–Trinajstić information content (AvgIpc) is 2.29. The first-order chi connectivity index (χ1) is 5.25. The molecule has 2 aliphatic heterocycles. The van der Waals surface area contributed by atoms with Crippen LogP contribution < -0.4 is 0 Å². The summed E-state index contributed by atoms with van der Waals surface area (Å²) in [5.41, 5.74) is 0. The summed E-state index contributed by atoms with van der Waals surface area (Å²) in [6.07, 6.45) is 1.42. The van der Waals surface area contributed by atoms with Crippen LogP contribution in [0.1, 0.15) is 13.3 Å². The van der Waals surface area contributed by atoms with E-state index in [9.17, 15) is 0 Å². The lowest BCUT2D eigenvalue weighted by Crippen LogP contribution is -2.56. The van der Waals surface area contributed by atoms with Gasteiger partial charge in [0.1, 0.15) is 0 Å². The molecule has 1 unspecified atom stereocenters. The molecule has 0 saturated carbocycles. The average molecular weight is 154 g/mol. The summed E-state index contributed by atoms with van der Waals surface area (Å²) in [4.78, 5) is 5.05. The van der Waals surface area contributed by atoms with E-state index in [1.807, 2.05) is 0 Å². The van der Waals surface area contributed by atoms with E-state index in [-0.39, 0.29) is 0 Å². The Bertz CT molecular complexity index is 140. The third-order valence-corrected chi connectivity index (χ3v) is 3.02. The van der Waals surface area contributed by atoms with Gasteiger partial charge in [0, 0.05) is 25.7 Å². The van der Waals surface area contributed by atoms with Crippen molar-refractivity contribution in [1.82, 2.24) is 9.80 Å². The molecule has 0 N–H and O–H groups in total. The maximum atomic E-state index is 2.66. The van der Waals surface area contributed by atoms with Crippen LogP contribution in [0.5, 0.6) is 0 Å². The Morgan fingerprint density at radius 3 is 2.36 bits per heavy atom. The molecule has 0 aromatic heterocycles. The maximum absolute atomic E-state index is 2.66. The highest BCUT2D eigenvalue weighted by atomic mass is 15.3. The van der Waals surface area contributed by atoms with Crippen molar-refractivity contribution in [2.45, 2.75) is 19.4 Å². The quantitative estimate of drug-likeness (QED) is 0.547. The standard InChI is InChI=1S/C9H18N2/c1-8-3-4-11(5-8)9-6-10(2)7-9/h8-9H,3-7H2,1-2H3. The second-order valence-electron chi connectivity index (χ2n) is 4.26. The van der Waals surface area contributed by atoms with Crippen molar-refractivity contribution in [3.63, 3.8) is 0 Å². The van der Waals surface area contributed by atoms with Crippen molar-refractivity contribution < 1.29 is 0 Å². The molecule has 2 heterocycles. The van der Waals surface area contributed by atoms with Gasteiger partial charge in [0.25, 0.3) is 0 Å². The van der Waals surface area contributed by atoms with Crippen LogP contribution in [0.4, 0.5) is 0 Å². The SMILES string of the molecule is CC1CCN(C2CN(C)C2)C1. The fourth-order valence-electron chi connectivity index (χ4n) is 2.20. The van der Waals surface area contributed by atoms with Crippen LogP contribution in [-0.2, 0) is 0 Å². The Morgan fingerprint density at radius 2 is 1.91 bits per heavy atom. The van der Waals surface area contributed by atoms with Gasteiger partial charge in [0.2, 0.25) is 0 Å². The van der Waals surface area contributed by atoms with Crippen molar-refractivity contribution in [1.29, 1.82) is 0 Å². The molecule has 0 aromatic rings. The lowest BCUT2D eigenvalue weighted by atomic mass is 10.1. The summed E-state index contributed by atoms with van der Waals surface area (Å²) >= 11 is 0. The number of rotatable bonds is 1. The molecule has 2 aliphatic rings. The number of likely N-dealkylation sites (N-methyl/N-ethyl adjacent to an activating group) is 1. The monoisotopic (exact) mass is 154 g/mol. The van der Waals surface area contributed by atoms with Gasteiger partial charge in [-0.1, -0.05) is 6.92 Å². The molecule has 0 amide bonds. The largest absolute Gasteiger partial charge is 0.303 e. The predicted molar refractivity (Wildman–Crippen MR) is 46.6 cm³/mol. The highest BCUT2D eigenvalue weighted by molar-refractivity contribution is 4.89. The van der Waals surface area contributed by atoms with E-state index in [0.29, 0.717) is 0 Å². The molecular formula is C9H18N2. The first kappa shape index (κ1) is 7.56. The Hall–Kier alpha value is -0.0800. The summed E-state index contributed by atoms with van der Waals surface area (Å²) in [6, 6.07) is 0.893. The van der Waals surface area contributed by atoms with Crippen LogP contribution in [0.2, 0.25) is 0 Å². The van der Waals surface area contributed by atoms with Gasteiger partial charge in [0.15, 0.2) is 0 Å². The molecule has 2 saturated heterocycles. The second-order valence-corrected chi connectivity index (χ2v) is 4.26. The molecule has 0 bridgehead atoms. The minimum atomic E-state index is 0.893. The fourth-order valence-corrected chi connectivity index (χ4v) is 2.20. The van der Waals surface area contributed by atoms with Gasteiger partial charge in [-0.05, 0) is 25.9 Å². The van der Waals surface area contributed by atoms with Crippen molar-refractivity contribution in [3.8, 4) is 0 Å². The smallest absolute Gasteiger partial charge is 0.0350 e.